The number of carbonyl (C=O) groups excluding carboxylic acids is 1. The van der Waals surface area contributed by atoms with Crippen LogP contribution in [0.25, 0.3) is 0 Å². The second-order valence-corrected chi connectivity index (χ2v) is 28.8. The van der Waals surface area contributed by atoms with Crippen LogP contribution < -0.4 is 9.64 Å². The van der Waals surface area contributed by atoms with Gasteiger partial charge in [0.05, 0.1) is 40.9 Å². The predicted molar refractivity (Wildman–Crippen MR) is 288 cm³/mol. The smallest absolute Gasteiger partial charge is 0.415 e. The number of rotatable bonds is 15. The fourth-order valence-corrected chi connectivity index (χ4v) is 17.8. The molecule has 83 heavy (non-hydrogen) atoms. The highest BCUT2D eigenvalue weighted by Gasteiger charge is 2.70. The lowest BCUT2D eigenvalue weighted by Crippen LogP contribution is -2.66. The average Bonchev–Trinajstić information content (AvgIpc) is 1.06. The SMILES string of the molecule is C[C@@H]1O[C@@H](O[C@H]2[C@H](O[C@H]3CC[C@]4(C)[C@H]5CC=C6[C@@H]7CC(C)(C)CC[C@]7(C(=O)OC/C=C/COc7no[n+]([O-])c7S(=O)(=O)c7ccccc7)CC[C@@]6(C)[C@]5(C)CC[C@H]4C3(C)C)OC[C@H](O[C@@H]3O[C@H](CO)[C@@H](O)[C@H](O)[C@H]3O)[C@@H]2O)[C@H](O)[C@H](O)[C@H]1O. The number of aliphatic hydroxyl groups excluding tert-OH is 8. The Morgan fingerprint density at radius 3 is 2.16 bits per heavy atom. The zero-order chi connectivity index (χ0) is 60.0. The fraction of sp³-hybridized carbons (Fsp3) is 0.780. The summed E-state index contributed by atoms with van der Waals surface area (Å²) in [6.07, 6.45) is -7.94. The van der Waals surface area contributed by atoms with E-state index in [0.29, 0.717) is 19.3 Å². The number of aromatic nitrogens is 2. The molecule has 24 heteroatoms. The van der Waals surface area contributed by atoms with Gasteiger partial charge in [0.1, 0.15) is 74.3 Å². The maximum absolute atomic E-state index is 14.7. The summed E-state index contributed by atoms with van der Waals surface area (Å²) in [5.41, 5.74) is -0.375. The van der Waals surface area contributed by atoms with Crippen LogP contribution in [0.2, 0.25) is 0 Å². The summed E-state index contributed by atoms with van der Waals surface area (Å²) in [5.74, 6) is -0.327. The van der Waals surface area contributed by atoms with Crippen LogP contribution in [-0.2, 0) is 47.8 Å². The van der Waals surface area contributed by atoms with E-state index in [4.69, 9.17) is 37.9 Å². The number of carbonyl (C=O) groups is 1. The Balaban J connectivity index is 0.835. The number of aliphatic hydroxyl groups is 8. The van der Waals surface area contributed by atoms with Gasteiger partial charge in [-0.3, -0.25) is 9.42 Å². The van der Waals surface area contributed by atoms with Gasteiger partial charge in [0.25, 0.3) is 9.84 Å². The van der Waals surface area contributed by atoms with Crippen LogP contribution in [0.15, 0.2) is 68.7 Å². The van der Waals surface area contributed by atoms with E-state index in [9.17, 15) is 59.3 Å². The minimum atomic E-state index is -4.30. The monoisotopic (exact) mass is 1190 g/mol. The first-order valence-electron chi connectivity index (χ1n) is 29.4. The number of allylic oxidation sites excluding steroid dienone is 2. The van der Waals surface area contributed by atoms with Crippen molar-refractivity contribution < 1.29 is 101 Å². The number of benzene rings is 1. The summed E-state index contributed by atoms with van der Waals surface area (Å²) >= 11 is 0. The lowest BCUT2D eigenvalue weighted by molar-refractivity contribution is -0.832. The molecule has 8 N–H and O–H groups in total. The Hall–Kier alpha value is -3.70. The molecule has 3 saturated heterocycles. The molecule has 5 aliphatic carbocycles. The average molecular weight is 1190 g/mol. The molecule has 2 aromatic rings. The molecule has 10 rings (SSSR count). The van der Waals surface area contributed by atoms with Crippen molar-refractivity contribution in [3.63, 3.8) is 0 Å². The number of ether oxygens (including phenoxy) is 8. The minimum Gasteiger partial charge on any atom is -0.461 e. The quantitative estimate of drug-likeness (QED) is 0.0550. The maximum atomic E-state index is 14.7. The van der Waals surface area contributed by atoms with E-state index >= 15 is 0 Å². The van der Waals surface area contributed by atoms with E-state index < -0.39 is 130 Å². The first-order chi connectivity index (χ1) is 39.1. The molecule has 0 unspecified atom stereocenters. The van der Waals surface area contributed by atoms with Crippen molar-refractivity contribution in [2.75, 3.05) is 26.4 Å². The molecule has 3 aliphatic heterocycles. The minimum absolute atomic E-state index is 0.0173. The molecule has 0 radical (unpaired) electrons. The third-order valence-corrected chi connectivity index (χ3v) is 23.3. The van der Waals surface area contributed by atoms with E-state index in [1.807, 2.05) is 0 Å². The van der Waals surface area contributed by atoms with Crippen molar-refractivity contribution in [3.05, 3.63) is 59.3 Å². The van der Waals surface area contributed by atoms with Crippen LogP contribution in [0.4, 0.5) is 0 Å². The van der Waals surface area contributed by atoms with Crippen LogP contribution >= 0.6 is 0 Å². The van der Waals surface area contributed by atoms with Crippen LogP contribution in [0.5, 0.6) is 5.88 Å². The Kier molecular flexibility index (Phi) is 17.4. The highest BCUT2D eigenvalue weighted by molar-refractivity contribution is 7.91. The van der Waals surface area contributed by atoms with E-state index in [-0.39, 0.29) is 75.0 Å². The summed E-state index contributed by atoms with van der Waals surface area (Å²) < 4.78 is 79.7. The van der Waals surface area contributed by atoms with E-state index in [1.165, 1.54) is 36.8 Å². The van der Waals surface area contributed by atoms with Gasteiger partial charge in [-0.2, -0.15) is 0 Å². The van der Waals surface area contributed by atoms with Gasteiger partial charge in [-0.1, -0.05) is 78.3 Å². The molecule has 4 heterocycles. The van der Waals surface area contributed by atoms with Crippen molar-refractivity contribution in [1.29, 1.82) is 0 Å². The molecule has 8 aliphatic rings. The van der Waals surface area contributed by atoms with Gasteiger partial charge >= 0.3 is 16.9 Å². The Morgan fingerprint density at radius 1 is 0.771 bits per heavy atom. The molecule has 1 aromatic heterocycles. The fourth-order valence-electron chi connectivity index (χ4n) is 16.5. The molecule has 4 saturated carbocycles. The standard InChI is InChI=1S/C59H86N2O21S/c1-31-40(63)43(66)45(68)50(77-31)81-47-42(65)36(79-51-46(69)44(67)41(64)35(29-62)78-51)30-76-52(47)80-39-19-20-56(6)37(55(39,4)5)18-21-58(8)38(56)17-16-33-34-28-54(2,3)22-24-59(34,25-23-57(33,58)7)53(70)75-27-13-12-26-74-48-49(61(71)82-60-48)83(72,73)32-14-10-9-11-15-32/h9-16,31,34-47,50-52,62-69H,17-30H2,1-8H3/b13-12+/t31-,34-,35+,36-,37-,38+,39-,40-,41+,42-,43+,44-,45+,46+,47+,50-,51-,52-,56-,57+,58+,59-/m0/s1. The van der Waals surface area contributed by atoms with E-state index in [1.54, 1.807) is 18.2 Å². The molecule has 0 amide bonds. The highest BCUT2D eigenvalue weighted by atomic mass is 32.2. The lowest BCUT2D eigenvalue weighted by atomic mass is 9.33. The zero-order valence-corrected chi connectivity index (χ0v) is 49.4. The van der Waals surface area contributed by atoms with Gasteiger partial charge in [-0.05, 0) is 145 Å². The van der Waals surface area contributed by atoms with Crippen LogP contribution in [0.1, 0.15) is 120 Å². The Bertz CT molecular complexity index is 2810. The molecule has 23 nitrogen and oxygen atoms in total. The summed E-state index contributed by atoms with van der Waals surface area (Å²) in [6.45, 7) is 16.6. The van der Waals surface area contributed by atoms with Crippen LogP contribution in [-0.4, -0.2) is 179 Å². The largest absolute Gasteiger partial charge is 0.461 e. The van der Waals surface area contributed by atoms with Crippen molar-refractivity contribution in [3.8, 4) is 5.88 Å². The van der Waals surface area contributed by atoms with E-state index in [2.05, 4.69) is 64.3 Å². The third kappa shape index (κ3) is 10.7. The first-order valence-corrected chi connectivity index (χ1v) is 30.9. The normalized spacial score (nSPS) is 44.1. The topological polar surface area (TPSA) is 340 Å². The molecule has 464 valence electrons. The number of esters is 1. The van der Waals surface area contributed by atoms with Crippen LogP contribution in [0.3, 0.4) is 0 Å². The van der Waals surface area contributed by atoms with E-state index in [0.717, 1.165) is 44.9 Å². The number of hydrogen-bond donors (Lipinski definition) is 8. The summed E-state index contributed by atoms with van der Waals surface area (Å²) in [5, 5.41) is 101. The van der Waals surface area contributed by atoms with Gasteiger partial charge in [0, 0.05) is 0 Å². The second-order valence-electron chi connectivity index (χ2n) is 26.9. The van der Waals surface area contributed by atoms with Gasteiger partial charge in [0.15, 0.2) is 18.9 Å². The number of nitrogens with zero attached hydrogens (tertiary/aromatic N) is 2. The zero-order valence-electron chi connectivity index (χ0n) is 48.6. The second kappa shape index (κ2) is 23.1. The summed E-state index contributed by atoms with van der Waals surface area (Å²) in [4.78, 5) is 14.4. The highest BCUT2D eigenvalue weighted by Crippen LogP contribution is 2.76. The summed E-state index contributed by atoms with van der Waals surface area (Å²) in [6, 6.07) is 7.41. The van der Waals surface area contributed by atoms with Crippen molar-refractivity contribution in [2.24, 2.45) is 50.2 Å². The van der Waals surface area contributed by atoms with Gasteiger partial charge in [0.2, 0.25) is 0 Å². The Morgan fingerprint density at radius 2 is 1.45 bits per heavy atom. The number of fused-ring (bicyclic) bond motifs is 7. The van der Waals surface area contributed by atoms with Crippen LogP contribution in [0, 0.1) is 55.5 Å². The van der Waals surface area contributed by atoms with Crippen molar-refractivity contribution in [2.45, 2.75) is 222 Å². The Labute approximate surface area is 484 Å². The molecule has 7 fully saturated rings. The molecule has 1 aromatic carbocycles. The first kappa shape index (κ1) is 62.4. The van der Waals surface area contributed by atoms with Gasteiger partial charge < -0.3 is 84.0 Å². The van der Waals surface area contributed by atoms with Crippen molar-refractivity contribution in [1.82, 2.24) is 5.16 Å². The number of sulfone groups is 1. The molecule has 22 atom stereocenters. The maximum Gasteiger partial charge on any atom is 0.415 e. The summed E-state index contributed by atoms with van der Waals surface area (Å²) in [7, 11) is -4.30. The number of hydrogen-bond acceptors (Lipinski definition) is 22. The van der Waals surface area contributed by atoms with Gasteiger partial charge in [-0.25, -0.2) is 8.42 Å². The lowest BCUT2D eigenvalue weighted by Gasteiger charge is -2.71. The molecule has 0 bridgehead atoms. The molecular formula is C59H86N2O21S. The van der Waals surface area contributed by atoms with Gasteiger partial charge in [-0.15, -0.1) is 0 Å². The van der Waals surface area contributed by atoms with Crippen molar-refractivity contribution >= 4 is 15.8 Å². The molecule has 0 spiro atoms. The predicted octanol–water partition coefficient (Wildman–Crippen LogP) is 2.92. The third-order valence-electron chi connectivity index (χ3n) is 21.6. The molecular weight excluding hydrogens is 1100 g/mol.